The van der Waals surface area contributed by atoms with E-state index in [1.54, 1.807) is 12.1 Å². The molecule has 0 spiro atoms. The summed E-state index contributed by atoms with van der Waals surface area (Å²) in [5.74, 6) is 2.84. The Kier molecular flexibility index (Phi) is 8.56. The van der Waals surface area contributed by atoms with Crippen molar-refractivity contribution in [1.29, 1.82) is 0 Å². The average molecular weight is 616 g/mol. The number of aliphatic hydroxyl groups is 2. The number of nitrogens with zero attached hydrogens (tertiary/aromatic N) is 1. The van der Waals surface area contributed by atoms with Crippen LogP contribution in [0.3, 0.4) is 0 Å². The van der Waals surface area contributed by atoms with Crippen LogP contribution in [-0.2, 0) is 9.84 Å². The van der Waals surface area contributed by atoms with Crippen molar-refractivity contribution in [2.24, 2.45) is 52.3 Å². The molecule has 0 radical (unpaired) electrons. The number of fused-ring (bicyclic) bond motifs is 5. The monoisotopic (exact) mass is 615 g/mol. The van der Waals surface area contributed by atoms with Crippen LogP contribution >= 0.6 is 0 Å². The topological polar surface area (TPSA) is 114 Å². The summed E-state index contributed by atoms with van der Waals surface area (Å²) in [5, 5.41) is 22.1. The van der Waals surface area contributed by atoms with Crippen molar-refractivity contribution in [3.63, 3.8) is 0 Å². The number of carbonyl (C=O) groups is 1. The zero-order valence-corrected chi connectivity index (χ0v) is 27.4. The Labute approximate surface area is 258 Å². The van der Waals surface area contributed by atoms with Gasteiger partial charge in [-0.2, -0.15) is 0 Å². The molecule has 5 saturated carbocycles. The fourth-order valence-electron chi connectivity index (χ4n) is 10.9. The molecule has 0 bridgehead atoms. The third-order valence-corrected chi connectivity index (χ3v) is 15.5. The van der Waals surface area contributed by atoms with Crippen LogP contribution in [0, 0.1) is 52.3 Å². The molecule has 8 heteroatoms. The van der Waals surface area contributed by atoms with Gasteiger partial charge in [0.05, 0.1) is 24.1 Å². The van der Waals surface area contributed by atoms with E-state index in [4.69, 9.17) is 4.74 Å². The second-order valence-corrected chi connectivity index (χ2v) is 17.8. The second kappa shape index (κ2) is 11.7. The minimum absolute atomic E-state index is 0.213. The van der Waals surface area contributed by atoms with Crippen LogP contribution in [0.25, 0.3) is 0 Å². The second-order valence-electron chi connectivity index (χ2n) is 15.6. The van der Waals surface area contributed by atoms with E-state index in [1.165, 1.54) is 31.9 Å². The molecule has 6 rings (SSSR count). The number of rotatable bonds is 10. The molecule has 1 aromatic rings. The van der Waals surface area contributed by atoms with Crippen molar-refractivity contribution in [3.05, 3.63) is 23.9 Å². The fourth-order valence-corrected chi connectivity index (χ4v) is 12.5. The lowest BCUT2D eigenvalue weighted by atomic mass is 9.41. The third kappa shape index (κ3) is 5.60. The Morgan fingerprint density at radius 3 is 2.42 bits per heavy atom. The number of aromatic nitrogens is 1. The quantitative estimate of drug-likeness (QED) is 0.316. The van der Waals surface area contributed by atoms with Crippen LogP contribution < -0.4 is 4.74 Å². The summed E-state index contributed by atoms with van der Waals surface area (Å²) in [6.07, 6.45) is 11.8. The number of hydrogen-bond acceptors (Lipinski definition) is 7. The molecule has 5 aliphatic carbocycles. The van der Waals surface area contributed by atoms with Gasteiger partial charge in [0, 0.05) is 17.8 Å². The van der Waals surface area contributed by atoms with E-state index in [0.717, 1.165) is 32.1 Å². The van der Waals surface area contributed by atoms with Gasteiger partial charge in [0.2, 0.25) is 5.88 Å². The molecule has 0 amide bonds. The highest BCUT2D eigenvalue weighted by Crippen LogP contribution is 2.69. The van der Waals surface area contributed by atoms with Gasteiger partial charge in [-0.1, -0.05) is 34.1 Å². The predicted molar refractivity (Wildman–Crippen MR) is 166 cm³/mol. The van der Waals surface area contributed by atoms with Crippen LogP contribution in [0.2, 0.25) is 0 Å². The van der Waals surface area contributed by atoms with Gasteiger partial charge in [-0.05, 0) is 123 Å². The highest BCUT2D eigenvalue weighted by molar-refractivity contribution is 7.93. The molecule has 5 fully saturated rings. The largest absolute Gasteiger partial charge is 0.478 e. The molecule has 0 aliphatic heterocycles. The van der Waals surface area contributed by atoms with E-state index < -0.39 is 21.4 Å². The van der Waals surface area contributed by atoms with Crippen molar-refractivity contribution in [2.45, 2.75) is 116 Å². The molecule has 11 atom stereocenters. The van der Waals surface area contributed by atoms with Crippen molar-refractivity contribution in [3.8, 4) is 5.88 Å². The van der Waals surface area contributed by atoms with Crippen LogP contribution in [0.1, 0.15) is 109 Å². The van der Waals surface area contributed by atoms with E-state index in [9.17, 15) is 23.4 Å². The van der Waals surface area contributed by atoms with E-state index >= 15 is 0 Å². The van der Waals surface area contributed by atoms with Crippen LogP contribution in [0.15, 0.2) is 18.3 Å². The molecule has 7 nitrogen and oxygen atoms in total. The predicted octanol–water partition coefficient (Wildman–Crippen LogP) is 5.87. The lowest BCUT2D eigenvalue weighted by Crippen LogP contribution is -2.62. The molecule has 240 valence electrons. The minimum atomic E-state index is -3.35. The molecule has 0 saturated heterocycles. The molecular weight excluding hydrogens is 562 g/mol. The van der Waals surface area contributed by atoms with Gasteiger partial charge in [0.15, 0.2) is 15.6 Å². The summed E-state index contributed by atoms with van der Waals surface area (Å²) >= 11 is 0. The molecule has 2 N–H and O–H groups in total. The lowest BCUT2D eigenvalue weighted by Gasteiger charge is -2.64. The van der Waals surface area contributed by atoms with E-state index in [-0.39, 0.29) is 34.2 Å². The minimum Gasteiger partial charge on any atom is -0.478 e. The first kappa shape index (κ1) is 31.5. The molecule has 0 unspecified atom stereocenters. The van der Waals surface area contributed by atoms with Crippen LogP contribution in [0.5, 0.6) is 5.88 Å². The first-order chi connectivity index (χ1) is 20.4. The zero-order chi connectivity index (χ0) is 30.7. The number of hydrogen-bond donors (Lipinski definition) is 2. The average Bonchev–Trinajstić information content (AvgIpc) is 3.77. The summed E-state index contributed by atoms with van der Waals surface area (Å²) in [7, 11) is -3.35. The number of carbonyl (C=O) groups excluding carboxylic acids is 1. The standard InChI is InChI=1S/C35H53NO6S/c1-5-25-29-18-23(37)12-15-35(29,4)28-13-16-34(3)26(9-10-27(34)32(28)33(25)39)21(2)14-17-42-31-11-6-22(19-36-31)30(38)20-43(40,41)24-7-8-24/h6,11,19,21,23-29,32-33,37,39H,5,7-10,12-18,20H2,1-4H3/t21-,23-,25-,26-,27+,28+,29+,32+,33-,34-,35-/m1/s1. The normalized spacial score (nSPS) is 41.5. The maximum atomic E-state index is 12.5. The van der Waals surface area contributed by atoms with Crippen molar-refractivity contribution < 1.29 is 28.2 Å². The Balaban J connectivity index is 1.07. The molecular formula is C35H53NO6S. The highest BCUT2D eigenvalue weighted by atomic mass is 32.2. The number of aliphatic hydroxyl groups excluding tert-OH is 2. The first-order valence-electron chi connectivity index (χ1n) is 17.1. The van der Waals surface area contributed by atoms with Gasteiger partial charge in [-0.15, -0.1) is 0 Å². The van der Waals surface area contributed by atoms with Gasteiger partial charge in [-0.25, -0.2) is 13.4 Å². The Bertz CT molecular complexity index is 1280. The Morgan fingerprint density at radius 1 is 1.02 bits per heavy atom. The third-order valence-electron chi connectivity index (χ3n) is 13.4. The summed E-state index contributed by atoms with van der Waals surface area (Å²) in [4.78, 5) is 16.8. The van der Waals surface area contributed by atoms with E-state index in [0.29, 0.717) is 66.4 Å². The Hall–Kier alpha value is -1.51. The highest BCUT2D eigenvalue weighted by Gasteiger charge is 2.64. The number of Topliss-reactive ketones (excluding diaryl/α,β-unsaturated/α-hetero) is 1. The van der Waals surface area contributed by atoms with Gasteiger partial charge in [0.25, 0.3) is 0 Å². The van der Waals surface area contributed by atoms with Gasteiger partial charge in [-0.3, -0.25) is 4.79 Å². The number of sulfone groups is 1. The Morgan fingerprint density at radius 2 is 1.74 bits per heavy atom. The maximum absolute atomic E-state index is 12.5. The molecule has 0 aromatic carbocycles. The van der Waals surface area contributed by atoms with Crippen molar-refractivity contribution >= 4 is 15.6 Å². The molecule has 1 heterocycles. The molecule has 1 aromatic heterocycles. The maximum Gasteiger partial charge on any atom is 0.213 e. The number of pyridine rings is 1. The molecule has 5 aliphatic rings. The van der Waals surface area contributed by atoms with Gasteiger partial charge >= 0.3 is 0 Å². The SMILES string of the molecule is CC[C@H]1[C@@H](O)[C@@H]2[C@H](CC[C@]3(C)[C@@H]([C@H](C)CCOc4ccc(C(=O)CS(=O)(=O)C5CC5)cn4)CC[C@@H]23)[C@@]2(C)CC[C@@H](O)C[C@@H]12. The lowest BCUT2D eigenvalue weighted by molar-refractivity contribution is -0.203. The summed E-state index contributed by atoms with van der Waals surface area (Å²) in [6, 6.07) is 3.29. The molecule has 43 heavy (non-hydrogen) atoms. The van der Waals surface area contributed by atoms with Crippen molar-refractivity contribution in [1.82, 2.24) is 4.98 Å². The van der Waals surface area contributed by atoms with Gasteiger partial charge < -0.3 is 14.9 Å². The van der Waals surface area contributed by atoms with Crippen molar-refractivity contribution in [2.75, 3.05) is 12.4 Å². The van der Waals surface area contributed by atoms with E-state index in [2.05, 4.69) is 32.7 Å². The van der Waals surface area contributed by atoms with Gasteiger partial charge in [0.1, 0.15) is 5.75 Å². The summed E-state index contributed by atoms with van der Waals surface area (Å²) in [5.41, 5.74) is 0.754. The van der Waals surface area contributed by atoms with Crippen LogP contribution in [-0.4, -0.2) is 59.2 Å². The summed E-state index contributed by atoms with van der Waals surface area (Å²) in [6.45, 7) is 10.1. The van der Waals surface area contributed by atoms with Crippen LogP contribution in [0.4, 0.5) is 0 Å². The number of ether oxygens (including phenoxy) is 1. The first-order valence-corrected chi connectivity index (χ1v) is 18.8. The summed E-state index contributed by atoms with van der Waals surface area (Å²) < 4.78 is 30.4. The zero-order valence-electron chi connectivity index (χ0n) is 26.6. The van der Waals surface area contributed by atoms with E-state index in [1.807, 2.05) is 0 Å². The number of ketones is 1. The fraction of sp³-hybridized carbons (Fsp3) is 0.829. The smallest absolute Gasteiger partial charge is 0.213 e.